The van der Waals surface area contributed by atoms with Gasteiger partial charge in [-0.05, 0) is 83.5 Å². The highest BCUT2D eigenvalue weighted by Crippen LogP contribution is 2.43. The van der Waals surface area contributed by atoms with Gasteiger partial charge >= 0.3 is 0 Å². The van der Waals surface area contributed by atoms with Crippen LogP contribution in [0.1, 0.15) is 96.3 Å². The molecule has 0 spiro atoms. The van der Waals surface area contributed by atoms with Gasteiger partial charge in [0.1, 0.15) is 36.6 Å². The van der Waals surface area contributed by atoms with E-state index < -0.39 is 213 Å². The van der Waals surface area contributed by atoms with Crippen molar-refractivity contribution in [2.45, 2.75) is 225 Å². The fourth-order valence-corrected chi connectivity index (χ4v) is 12.5. The zero-order valence-electron chi connectivity index (χ0n) is 57.1. The first-order valence-corrected chi connectivity index (χ1v) is 33.7. The van der Waals surface area contributed by atoms with Gasteiger partial charge in [-0.25, -0.2) is 0 Å². The van der Waals surface area contributed by atoms with Crippen LogP contribution in [0.15, 0.2) is 30.0 Å². The molecule has 43 heteroatoms. The third kappa shape index (κ3) is 26.2. The Morgan fingerprint density at radius 2 is 0.627 bits per heavy atom. The number of Topliss-reactive ketones (excluding diaryl/α,β-unsaturated/α-hetero) is 6. The van der Waals surface area contributed by atoms with Gasteiger partial charge in [0.15, 0.2) is 89.3 Å². The number of guanidine groups is 6. The summed E-state index contributed by atoms with van der Waals surface area (Å²) in [5.41, 5.74) is 105. The number of nitrogens with zero attached hydrogens (tertiary/aromatic N) is 6. The molecule has 0 amide bonds. The van der Waals surface area contributed by atoms with Crippen LogP contribution in [-0.2, 0) is 57.2 Å². The van der Waals surface area contributed by atoms with Crippen LogP contribution >= 0.6 is 0 Å². The summed E-state index contributed by atoms with van der Waals surface area (Å²) in [6.45, 7) is -0.913. The summed E-state index contributed by atoms with van der Waals surface area (Å²) in [7, 11) is 0. The van der Waals surface area contributed by atoms with E-state index in [0.29, 0.717) is 0 Å². The number of carbonyl (C=O) groups excluding carboxylic acids is 6. The molecule has 1 saturated carbocycles. The molecule has 43 nitrogen and oxygen atoms in total. The Morgan fingerprint density at radius 3 is 0.951 bits per heavy atom. The second-order valence-corrected chi connectivity index (χ2v) is 25.8. The van der Waals surface area contributed by atoms with Crippen LogP contribution in [0.3, 0.4) is 0 Å². The third-order valence-corrected chi connectivity index (χ3v) is 18.0. The van der Waals surface area contributed by atoms with Crippen LogP contribution < -0.4 is 103 Å². The lowest BCUT2D eigenvalue weighted by molar-refractivity contribution is -0.321. The van der Waals surface area contributed by atoms with Gasteiger partial charge in [0, 0.05) is 63.9 Å². The lowest BCUT2D eigenvalue weighted by Crippen LogP contribution is -2.65. The van der Waals surface area contributed by atoms with E-state index in [-0.39, 0.29) is 152 Å². The quantitative estimate of drug-likeness (QED) is 0.0153. The Bertz CT molecular complexity index is 2880. The van der Waals surface area contributed by atoms with Crippen LogP contribution in [0.25, 0.3) is 0 Å². The van der Waals surface area contributed by atoms with Crippen molar-refractivity contribution in [2.75, 3.05) is 45.9 Å². The molecule has 582 valence electrons. The van der Waals surface area contributed by atoms with E-state index in [1.807, 2.05) is 0 Å². The molecular formula is C59H112N24O19. The van der Waals surface area contributed by atoms with Crippen molar-refractivity contribution in [3.8, 4) is 0 Å². The first-order valence-electron chi connectivity index (χ1n) is 33.7. The van der Waals surface area contributed by atoms with Crippen molar-refractivity contribution in [2.24, 2.45) is 157 Å². The summed E-state index contributed by atoms with van der Waals surface area (Å²) >= 11 is 0. The molecule has 0 radical (unpaired) electrons. The van der Waals surface area contributed by atoms with Crippen molar-refractivity contribution >= 4 is 70.5 Å². The fraction of sp³-hybridized carbons (Fsp3) is 0.797. The number of aliphatic imine (C=N–C) groups is 6. The van der Waals surface area contributed by atoms with E-state index in [9.17, 15) is 59.7 Å². The number of ether oxygens (including phenoxy) is 6. The van der Waals surface area contributed by atoms with Gasteiger partial charge < -0.3 is 167 Å². The van der Waals surface area contributed by atoms with Gasteiger partial charge in [0.25, 0.3) is 0 Å². The molecule has 0 bridgehead atoms. The van der Waals surface area contributed by atoms with Crippen LogP contribution in [0, 0.1) is 23.7 Å². The average molecular weight is 1460 g/mol. The summed E-state index contributed by atoms with van der Waals surface area (Å²) in [4.78, 5) is 110. The Morgan fingerprint density at radius 1 is 0.343 bits per heavy atom. The molecule has 3 saturated heterocycles. The molecule has 0 unspecified atom stereocenters. The van der Waals surface area contributed by atoms with E-state index in [4.69, 9.17) is 132 Å². The third-order valence-electron chi connectivity index (χ3n) is 18.0. The highest BCUT2D eigenvalue weighted by atomic mass is 16.8. The van der Waals surface area contributed by atoms with Crippen LogP contribution in [0.2, 0.25) is 0 Å². The standard InChI is InChI=1S/C59H112N24O19/c60-25(7-1-13-78-54(66)67)31(85)20-33-43(92)45(94)36(41(90)29(64)11-5-17-82-58(74)75)51(97-33)100-48-24(39(88)28(63)10-4-16-81-57(72)73)19-23(38(87)27(62)9-3-15-80-56(70)71)40(89)50(48)102-53-47(96)49(35(22-84)99-53)101-52-37(42(91)30(65)12-6-18-83-59(76)77)46(95)44(93)34(98-52)21-32(86)26(61)8-2-14-79-55(68)69/h23-30,33-37,40,43-53,84,89,92-96H,1-22,60-65H2,(H4,66,67,78)(H4,68,69,79)(H4,70,71,80)(H4,72,73,81)(H4,74,75,82)(H4,76,77,83)/t23-,24+,25-,26-,27-,28-,29-,30-,33+,34-,35+,36+,37+,40-,43+,44+,45+,46+,47+,48+,49+,50+,51+,52+,53-/m0/s1. The molecule has 0 aromatic rings. The van der Waals surface area contributed by atoms with Crippen LogP contribution in [0.4, 0.5) is 0 Å². The molecule has 1 aliphatic carbocycles. The minimum Gasteiger partial charge on any atom is -0.394 e. The number of hydrogen-bond donors (Lipinski definition) is 25. The summed E-state index contributed by atoms with van der Waals surface area (Å²) in [5.74, 6) is -14.2. The van der Waals surface area contributed by atoms with Crippen molar-refractivity contribution in [3.63, 3.8) is 0 Å². The molecule has 43 N–H and O–H groups in total. The van der Waals surface area contributed by atoms with Gasteiger partial charge in [-0.15, -0.1) is 0 Å². The van der Waals surface area contributed by atoms with Gasteiger partial charge in [0.05, 0.1) is 91.3 Å². The zero-order valence-corrected chi connectivity index (χ0v) is 57.1. The first-order chi connectivity index (χ1) is 48.0. The Balaban J connectivity index is 1.95. The molecule has 3 heterocycles. The zero-order chi connectivity index (χ0) is 76.4. The van der Waals surface area contributed by atoms with Gasteiger partial charge in [-0.2, -0.15) is 0 Å². The number of aliphatic hydroxyl groups is 7. The van der Waals surface area contributed by atoms with E-state index in [2.05, 4.69) is 30.0 Å². The SMILES string of the molecule is NC(N)=NCCC[C@H](N)C(=O)C[C@@H]1O[C@H](O[C@H]2[C@@H](O)[C@H](O[C@@H]3[C@@H](O)[C@H](C(=O)[C@@H](N)CCCN=C(N)N)C[C@H](C(=O)[C@@H](N)CCCN=C(N)N)[C@H]3O[C@H]3O[C@H](CC(=O)[C@@H](N)CCCN=C(N)N)[C@@H](O)[C@H](O)[C@H]3C(=O)[C@@H](N)CCCN=C(N)N)O[C@@H]2CO)[C@H](C(=O)[C@@H](N)CCCN=C(N)N)[C@@H](O)[C@@H]1O. The van der Waals surface area contributed by atoms with Crippen LogP contribution in [0.5, 0.6) is 0 Å². The molecule has 4 rings (SSSR count). The maximum Gasteiger partial charge on any atom is 0.187 e. The average Bonchev–Trinajstić information content (AvgIpc) is 1.12. The maximum absolute atomic E-state index is 15.4. The molecule has 4 fully saturated rings. The van der Waals surface area contributed by atoms with Gasteiger partial charge in [-0.3, -0.25) is 58.7 Å². The predicted molar refractivity (Wildman–Crippen MR) is 369 cm³/mol. The monoisotopic (exact) mass is 1460 g/mol. The van der Waals surface area contributed by atoms with E-state index in [0.717, 1.165) is 0 Å². The maximum atomic E-state index is 15.4. The highest BCUT2D eigenvalue weighted by molar-refractivity contribution is 5.91. The minimum absolute atomic E-state index is 0.00342. The Hall–Kier alpha value is -7.12. The van der Waals surface area contributed by atoms with E-state index >= 15 is 4.79 Å². The Kier molecular flexibility index (Phi) is 36.5. The molecule has 25 atom stereocenters. The summed E-state index contributed by atoms with van der Waals surface area (Å²) in [6.07, 6.45) is -32.5. The molecule has 102 heavy (non-hydrogen) atoms. The topological polar surface area (TPSA) is 842 Å². The van der Waals surface area contributed by atoms with Crippen molar-refractivity contribution in [1.29, 1.82) is 0 Å². The highest BCUT2D eigenvalue weighted by Gasteiger charge is 2.60. The molecule has 0 aromatic heterocycles. The second-order valence-electron chi connectivity index (χ2n) is 25.8. The predicted octanol–water partition coefficient (Wildman–Crippen LogP) is -13.2. The summed E-state index contributed by atoms with van der Waals surface area (Å²) in [6, 6.07) is -8.30. The number of carbonyl (C=O) groups is 6. The number of rotatable bonds is 45. The molecule has 4 aliphatic rings. The molecule has 0 aromatic carbocycles. The number of aliphatic hydroxyl groups excluding tert-OH is 7. The lowest BCUT2D eigenvalue weighted by atomic mass is 9.69. The molecule has 3 aliphatic heterocycles. The van der Waals surface area contributed by atoms with Crippen molar-refractivity contribution in [1.82, 2.24) is 0 Å². The lowest BCUT2D eigenvalue weighted by Gasteiger charge is -2.49. The van der Waals surface area contributed by atoms with E-state index in [1.165, 1.54) is 0 Å². The smallest absolute Gasteiger partial charge is 0.187 e. The van der Waals surface area contributed by atoms with Crippen LogP contribution in [-0.4, -0.2) is 280 Å². The van der Waals surface area contributed by atoms with Gasteiger partial charge in [0.2, 0.25) is 0 Å². The van der Waals surface area contributed by atoms with Crippen molar-refractivity contribution < 1.29 is 92.9 Å². The number of hydrogen-bond acceptors (Lipinski definition) is 31. The van der Waals surface area contributed by atoms with Crippen molar-refractivity contribution in [3.05, 3.63) is 0 Å². The number of ketones is 6. The first kappa shape index (κ1) is 87.3. The van der Waals surface area contributed by atoms with Gasteiger partial charge in [-0.1, -0.05) is 0 Å². The Labute approximate surface area is 589 Å². The minimum atomic E-state index is -2.24. The largest absolute Gasteiger partial charge is 0.394 e. The fourth-order valence-electron chi connectivity index (χ4n) is 12.5. The summed E-state index contributed by atoms with van der Waals surface area (Å²) in [5, 5.41) is 84.0. The summed E-state index contributed by atoms with van der Waals surface area (Å²) < 4.78 is 38.2. The van der Waals surface area contributed by atoms with E-state index in [1.54, 1.807) is 0 Å². The normalized spacial score (nSPS) is 30.4. The number of nitrogens with two attached hydrogens (primary N) is 18. The second kappa shape index (κ2) is 42.6. The molecular weight excluding hydrogens is 1350 g/mol.